The molecule has 3 N–H and O–H groups in total. The molecule has 3 aromatic rings. The molecule has 2 amide bonds. The lowest BCUT2D eigenvalue weighted by Gasteiger charge is -2.09. The van der Waals surface area contributed by atoms with Gasteiger partial charge in [0.1, 0.15) is 0 Å². The Morgan fingerprint density at radius 1 is 0.967 bits per heavy atom. The zero-order valence-corrected chi connectivity index (χ0v) is 16.3. The Hall–Kier alpha value is -4.11. The van der Waals surface area contributed by atoms with E-state index >= 15 is 0 Å². The number of hydrogen-bond acceptors (Lipinski definition) is 5. The Morgan fingerprint density at radius 2 is 1.70 bits per heavy atom. The predicted octanol–water partition coefficient (Wildman–Crippen LogP) is 3.10. The van der Waals surface area contributed by atoms with Gasteiger partial charge in [0.2, 0.25) is 5.91 Å². The van der Waals surface area contributed by atoms with Crippen LogP contribution >= 0.6 is 12.2 Å². The fourth-order valence-corrected chi connectivity index (χ4v) is 2.84. The minimum absolute atomic E-state index is 0.0710. The first kappa shape index (κ1) is 20.6. The highest BCUT2D eigenvalue weighted by molar-refractivity contribution is 7.80. The topological polar surface area (TPSA) is 113 Å². The lowest BCUT2D eigenvalue weighted by Crippen LogP contribution is -2.48. The summed E-state index contributed by atoms with van der Waals surface area (Å²) < 4.78 is 0. The first-order valence-corrected chi connectivity index (χ1v) is 9.16. The van der Waals surface area contributed by atoms with Crippen molar-refractivity contribution in [1.82, 2.24) is 16.2 Å². The SMILES string of the molecule is O=C(C=Cc1cccc2ccccc12)NC(=S)NNC(=O)c1cccc([N+](=O)[O-])c1. The molecule has 0 saturated carbocycles. The van der Waals surface area contributed by atoms with E-state index in [1.807, 2.05) is 42.5 Å². The molecule has 30 heavy (non-hydrogen) atoms. The molecule has 0 bridgehead atoms. The van der Waals surface area contributed by atoms with Gasteiger partial charge in [-0.3, -0.25) is 35.9 Å². The van der Waals surface area contributed by atoms with Crippen molar-refractivity contribution in [2.45, 2.75) is 0 Å². The van der Waals surface area contributed by atoms with Gasteiger partial charge in [-0.25, -0.2) is 0 Å². The second-order valence-corrected chi connectivity index (χ2v) is 6.51. The number of hydrogen-bond donors (Lipinski definition) is 3. The molecule has 0 aliphatic rings. The molecule has 0 fully saturated rings. The maximum absolute atomic E-state index is 12.1. The summed E-state index contributed by atoms with van der Waals surface area (Å²) in [6.45, 7) is 0. The number of nitrogens with one attached hydrogen (secondary N) is 3. The number of fused-ring (bicyclic) bond motifs is 1. The van der Waals surface area contributed by atoms with Crippen LogP contribution in [0.5, 0.6) is 0 Å². The van der Waals surface area contributed by atoms with Gasteiger partial charge in [0.25, 0.3) is 11.6 Å². The quantitative estimate of drug-likeness (QED) is 0.259. The van der Waals surface area contributed by atoms with Crippen LogP contribution in [0.1, 0.15) is 15.9 Å². The van der Waals surface area contributed by atoms with Gasteiger partial charge in [-0.1, -0.05) is 48.5 Å². The van der Waals surface area contributed by atoms with E-state index in [9.17, 15) is 19.7 Å². The summed E-state index contributed by atoms with van der Waals surface area (Å²) >= 11 is 4.97. The number of rotatable bonds is 4. The lowest BCUT2D eigenvalue weighted by atomic mass is 10.0. The second kappa shape index (κ2) is 9.39. The Balaban J connectivity index is 1.55. The molecule has 0 aliphatic heterocycles. The minimum atomic E-state index is -0.637. The highest BCUT2D eigenvalue weighted by atomic mass is 32.1. The second-order valence-electron chi connectivity index (χ2n) is 6.11. The van der Waals surface area contributed by atoms with E-state index < -0.39 is 16.7 Å². The van der Waals surface area contributed by atoms with E-state index in [1.165, 1.54) is 24.3 Å². The Morgan fingerprint density at radius 3 is 2.50 bits per heavy atom. The number of carbonyl (C=O) groups is 2. The van der Waals surface area contributed by atoms with Crippen molar-refractivity contribution >= 4 is 51.7 Å². The zero-order valence-electron chi connectivity index (χ0n) is 15.5. The lowest BCUT2D eigenvalue weighted by molar-refractivity contribution is -0.384. The number of nitro groups is 1. The van der Waals surface area contributed by atoms with Crippen molar-refractivity contribution in [3.8, 4) is 0 Å². The van der Waals surface area contributed by atoms with E-state index in [-0.39, 0.29) is 16.4 Å². The number of nitro benzene ring substituents is 1. The van der Waals surface area contributed by atoms with Crippen molar-refractivity contribution < 1.29 is 14.5 Å². The third-order valence-corrected chi connectivity index (χ3v) is 4.29. The van der Waals surface area contributed by atoms with Crippen LogP contribution in [-0.4, -0.2) is 21.9 Å². The molecule has 0 aromatic heterocycles. The van der Waals surface area contributed by atoms with Crippen LogP contribution in [0.4, 0.5) is 5.69 Å². The molecule has 9 heteroatoms. The Labute approximate surface area is 176 Å². The third-order valence-electron chi connectivity index (χ3n) is 4.08. The summed E-state index contributed by atoms with van der Waals surface area (Å²) in [6, 6.07) is 18.8. The number of thiocarbonyl (C=S) groups is 1. The molecule has 3 rings (SSSR count). The normalized spacial score (nSPS) is 10.5. The standard InChI is InChI=1S/C21H16N4O4S/c26-19(12-11-15-7-3-6-14-5-1-2-10-18(14)15)22-21(30)24-23-20(27)16-8-4-9-17(13-16)25(28)29/h1-13H,(H,23,27)(H2,22,24,26,30). The van der Waals surface area contributed by atoms with Crippen molar-refractivity contribution in [3.63, 3.8) is 0 Å². The van der Waals surface area contributed by atoms with Gasteiger partial charge in [-0.2, -0.15) is 0 Å². The third kappa shape index (κ3) is 5.24. The average molecular weight is 420 g/mol. The van der Waals surface area contributed by atoms with Crippen LogP contribution in [0, 0.1) is 10.1 Å². The molecule has 150 valence electrons. The van der Waals surface area contributed by atoms with Crippen molar-refractivity contribution in [2.75, 3.05) is 0 Å². The number of nitrogens with zero attached hydrogens (tertiary/aromatic N) is 1. The first-order valence-electron chi connectivity index (χ1n) is 8.75. The molecule has 3 aromatic carbocycles. The van der Waals surface area contributed by atoms with E-state index in [0.29, 0.717) is 0 Å². The smallest absolute Gasteiger partial charge is 0.270 e. The van der Waals surface area contributed by atoms with Gasteiger partial charge in [0.15, 0.2) is 5.11 Å². The van der Waals surface area contributed by atoms with E-state index in [4.69, 9.17) is 12.2 Å². The number of carbonyl (C=O) groups excluding carboxylic acids is 2. The molecule has 0 saturated heterocycles. The Kier molecular flexibility index (Phi) is 6.46. The molecule has 0 unspecified atom stereocenters. The molecule has 0 spiro atoms. The molecule has 0 aliphatic carbocycles. The molecule has 8 nitrogen and oxygen atoms in total. The van der Waals surface area contributed by atoms with Crippen molar-refractivity contribution in [3.05, 3.63) is 94.0 Å². The van der Waals surface area contributed by atoms with Gasteiger partial charge in [-0.15, -0.1) is 0 Å². The van der Waals surface area contributed by atoms with Crippen LogP contribution in [0.25, 0.3) is 16.8 Å². The van der Waals surface area contributed by atoms with Gasteiger partial charge in [-0.05, 0) is 40.7 Å². The summed E-state index contributed by atoms with van der Waals surface area (Å²) in [7, 11) is 0. The molecular weight excluding hydrogens is 404 g/mol. The molecule has 0 heterocycles. The molecule has 0 radical (unpaired) electrons. The van der Waals surface area contributed by atoms with Crippen molar-refractivity contribution in [1.29, 1.82) is 0 Å². The van der Waals surface area contributed by atoms with Crippen LogP contribution < -0.4 is 16.2 Å². The fraction of sp³-hybridized carbons (Fsp3) is 0. The van der Waals surface area contributed by atoms with E-state index in [2.05, 4.69) is 16.2 Å². The van der Waals surface area contributed by atoms with Gasteiger partial charge in [0, 0.05) is 23.8 Å². The van der Waals surface area contributed by atoms with Crippen LogP contribution in [0.3, 0.4) is 0 Å². The monoisotopic (exact) mass is 420 g/mol. The number of amides is 2. The average Bonchev–Trinajstić information content (AvgIpc) is 2.76. The fourth-order valence-electron chi connectivity index (χ4n) is 2.69. The highest BCUT2D eigenvalue weighted by Crippen LogP contribution is 2.19. The Bertz CT molecular complexity index is 1170. The summed E-state index contributed by atoms with van der Waals surface area (Å²) in [4.78, 5) is 34.3. The van der Waals surface area contributed by atoms with Gasteiger partial charge in [0.05, 0.1) is 4.92 Å². The summed E-state index contributed by atoms with van der Waals surface area (Å²) in [6.07, 6.45) is 3.00. The van der Waals surface area contributed by atoms with E-state index in [0.717, 1.165) is 22.4 Å². The highest BCUT2D eigenvalue weighted by Gasteiger charge is 2.11. The first-order chi connectivity index (χ1) is 14.4. The van der Waals surface area contributed by atoms with Crippen LogP contribution in [-0.2, 0) is 4.79 Å². The predicted molar refractivity (Wildman–Crippen MR) is 117 cm³/mol. The number of benzene rings is 3. The summed E-state index contributed by atoms with van der Waals surface area (Å²) in [5.74, 6) is -1.12. The number of hydrazine groups is 1. The number of non-ortho nitro benzene ring substituents is 1. The molecular formula is C21H16N4O4S. The van der Waals surface area contributed by atoms with Crippen molar-refractivity contribution in [2.24, 2.45) is 0 Å². The largest absolute Gasteiger partial charge is 0.298 e. The maximum Gasteiger partial charge on any atom is 0.270 e. The summed E-state index contributed by atoms with van der Waals surface area (Å²) in [5, 5.41) is 15.1. The minimum Gasteiger partial charge on any atom is -0.298 e. The van der Waals surface area contributed by atoms with Crippen LogP contribution in [0.2, 0.25) is 0 Å². The zero-order chi connectivity index (χ0) is 21.5. The maximum atomic E-state index is 12.1. The van der Waals surface area contributed by atoms with E-state index in [1.54, 1.807) is 6.08 Å². The molecule has 0 atom stereocenters. The van der Waals surface area contributed by atoms with Crippen LogP contribution in [0.15, 0.2) is 72.8 Å². The van der Waals surface area contributed by atoms with Gasteiger partial charge >= 0.3 is 0 Å². The summed E-state index contributed by atoms with van der Waals surface area (Å²) in [5.41, 5.74) is 5.40. The van der Waals surface area contributed by atoms with Gasteiger partial charge < -0.3 is 0 Å².